The highest BCUT2D eigenvalue weighted by Gasteiger charge is 2.15. The first-order chi connectivity index (χ1) is 8.63. The van der Waals surface area contributed by atoms with Crippen molar-refractivity contribution in [1.29, 1.82) is 0 Å². The lowest BCUT2D eigenvalue weighted by Gasteiger charge is -2.09. The van der Waals surface area contributed by atoms with Crippen molar-refractivity contribution in [2.45, 2.75) is 52.0 Å². The topological polar surface area (TPSA) is 30.7 Å². The van der Waals surface area contributed by atoms with Crippen molar-refractivity contribution in [2.24, 2.45) is 0 Å². The summed E-state index contributed by atoms with van der Waals surface area (Å²) in [6, 6.07) is 2.07. The van der Waals surface area contributed by atoms with E-state index in [1.54, 1.807) is 0 Å². The molecule has 1 unspecified atom stereocenters. The summed E-state index contributed by atoms with van der Waals surface area (Å²) in [5, 5.41) is -0.0823. The molecule has 3 nitrogen and oxygen atoms in total. The molecule has 0 aliphatic carbocycles. The van der Waals surface area contributed by atoms with E-state index in [4.69, 9.17) is 11.6 Å². The molecule has 0 saturated carbocycles. The molecule has 2 rings (SSSR count). The van der Waals surface area contributed by atoms with Gasteiger partial charge in [0.05, 0.1) is 5.38 Å². The molecule has 2 aromatic heterocycles. The zero-order valence-corrected chi connectivity index (χ0v) is 12.0. The number of pyridine rings is 1. The number of aryl methyl sites for hydroxylation is 2. The molecule has 0 spiro atoms. The van der Waals surface area contributed by atoms with Crippen LogP contribution in [0.3, 0.4) is 0 Å². The third-order valence-electron chi connectivity index (χ3n) is 3.09. The van der Waals surface area contributed by atoms with E-state index in [-0.39, 0.29) is 5.38 Å². The lowest BCUT2D eigenvalue weighted by Crippen LogP contribution is -2.05. The largest absolute Gasteiger partial charge is 0.311 e. The molecule has 0 radical (unpaired) electrons. The van der Waals surface area contributed by atoms with Gasteiger partial charge in [-0.3, -0.25) is 0 Å². The van der Waals surface area contributed by atoms with Gasteiger partial charge < -0.3 is 4.57 Å². The minimum absolute atomic E-state index is 0.0823. The smallest absolute Gasteiger partial charge is 0.160 e. The van der Waals surface area contributed by atoms with Gasteiger partial charge in [0.15, 0.2) is 5.65 Å². The number of halogens is 1. The van der Waals surface area contributed by atoms with Gasteiger partial charge in [-0.25, -0.2) is 9.97 Å². The second-order valence-electron chi connectivity index (χ2n) is 4.80. The lowest BCUT2D eigenvalue weighted by atomic mass is 10.2. The zero-order chi connectivity index (χ0) is 13.1. The summed E-state index contributed by atoms with van der Waals surface area (Å²) < 4.78 is 2.17. The number of hydrogen-bond acceptors (Lipinski definition) is 2. The van der Waals surface area contributed by atoms with E-state index < -0.39 is 0 Å². The Labute approximate surface area is 113 Å². The van der Waals surface area contributed by atoms with Crippen LogP contribution in [0, 0.1) is 6.92 Å². The van der Waals surface area contributed by atoms with Crippen LogP contribution in [-0.2, 0) is 6.54 Å². The molecule has 2 aromatic rings. The molecule has 1 atom stereocenters. The number of imidazole rings is 1. The van der Waals surface area contributed by atoms with Crippen molar-refractivity contribution in [1.82, 2.24) is 14.5 Å². The van der Waals surface area contributed by atoms with E-state index in [2.05, 4.69) is 27.5 Å². The average Bonchev–Trinajstić information content (AvgIpc) is 2.68. The molecule has 0 aliphatic rings. The number of hydrogen-bond donors (Lipinski definition) is 0. The average molecular weight is 266 g/mol. The molecule has 0 bridgehead atoms. The Hall–Kier alpha value is -1.09. The molecule has 0 saturated heterocycles. The summed E-state index contributed by atoms with van der Waals surface area (Å²) in [5.74, 6) is 0.931. The van der Waals surface area contributed by atoms with E-state index in [1.165, 1.54) is 12.8 Å². The van der Waals surface area contributed by atoms with E-state index in [0.717, 1.165) is 35.5 Å². The highest BCUT2D eigenvalue weighted by molar-refractivity contribution is 6.20. The van der Waals surface area contributed by atoms with Crippen LogP contribution >= 0.6 is 11.6 Å². The Kier molecular flexibility index (Phi) is 4.23. The molecule has 0 N–H and O–H groups in total. The Morgan fingerprint density at radius 2 is 2.17 bits per heavy atom. The van der Waals surface area contributed by atoms with Crippen molar-refractivity contribution < 1.29 is 0 Å². The summed E-state index contributed by atoms with van der Waals surface area (Å²) in [6.45, 7) is 7.16. The fraction of sp³-hybridized carbons (Fsp3) is 0.571. The van der Waals surface area contributed by atoms with Crippen LogP contribution in [-0.4, -0.2) is 14.5 Å². The second kappa shape index (κ2) is 5.70. The molecule has 0 fully saturated rings. The molecule has 18 heavy (non-hydrogen) atoms. The van der Waals surface area contributed by atoms with Gasteiger partial charge >= 0.3 is 0 Å². The Morgan fingerprint density at radius 3 is 2.83 bits per heavy atom. The first-order valence-corrected chi connectivity index (χ1v) is 7.04. The van der Waals surface area contributed by atoms with E-state index in [0.29, 0.717) is 0 Å². The number of alkyl halides is 1. The molecule has 0 aliphatic heterocycles. The summed E-state index contributed by atoms with van der Waals surface area (Å²) in [7, 11) is 0. The van der Waals surface area contributed by atoms with Gasteiger partial charge in [-0.1, -0.05) is 19.8 Å². The van der Waals surface area contributed by atoms with Gasteiger partial charge in [-0.15, -0.1) is 11.6 Å². The summed E-state index contributed by atoms with van der Waals surface area (Å²) >= 11 is 6.22. The fourth-order valence-corrected chi connectivity index (χ4v) is 2.34. The van der Waals surface area contributed by atoms with Gasteiger partial charge in [0.1, 0.15) is 11.3 Å². The molecule has 0 aromatic carbocycles. The van der Waals surface area contributed by atoms with Crippen molar-refractivity contribution >= 4 is 22.8 Å². The normalized spacial score (nSPS) is 13.1. The van der Waals surface area contributed by atoms with Gasteiger partial charge in [-0.05, 0) is 31.9 Å². The zero-order valence-electron chi connectivity index (χ0n) is 11.3. The van der Waals surface area contributed by atoms with Crippen LogP contribution in [0.15, 0.2) is 12.3 Å². The van der Waals surface area contributed by atoms with Gasteiger partial charge in [0.25, 0.3) is 0 Å². The first-order valence-electron chi connectivity index (χ1n) is 6.60. The third kappa shape index (κ3) is 2.66. The number of unbranched alkanes of at least 4 members (excludes halogenated alkanes) is 2. The number of nitrogens with zero attached hydrogens (tertiary/aromatic N) is 3. The minimum atomic E-state index is -0.0823. The fourth-order valence-electron chi connectivity index (χ4n) is 2.17. The van der Waals surface area contributed by atoms with Crippen molar-refractivity contribution in [3.63, 3.8) is 0 Å². The van der Waals surface area contributed by atoms with Crippen molar-refractivity contribution in [3.8, 4) is 0 Å². The van der Waals surface area contributed by atoms with Crippen LogP contribution in [0.5, 0.6) is 0 Å². The van der Waals surface area contributed by atoms with Crippen LogP contribution in [0.2, 0.25) is 0 Å². The van der Waals surface area contributed by atoms with Gasteiger partial charge in [0.2, 0.25) is 0 Å². The summed E-state index contributed by atoms with van der Waals surface area (Å²) in [4.78, 5) is 9.12. The summed E-state index contributed by atoms with van der Waals surface area (Å²) in [6.07, 6.45) is 5.48. The predicted octanol–water partition coefficient (Wildman–Crippen LogP) is 4.23. The van der Waals surface area contributed by atoms with Crippen LogP contribution in [0.25, 0.3) is 11.2 Å². The Balaban J connectivity index is 2.42. The van der Waals surface area contributed by atoms with E-state index in [1.807, 2.05) is 20.0 Å². The quantitative estimate of drug-likeness (QED) is 0.598. The SMILES string of the molecule is CCCCCn1c(C(C)Cl)nc2cc(C)cnc21. The number of aromatic nitrogens is 3. The predicted molar refractivity (Wildman–Crippen MR) is 76.1 cm³/mol. The molecule has 2 heterocycles. The maximum atomic E-state index is 6.22. The summed E-state index contributed by atoms with van der Waals surface area (Å²) in [5.41, 5.74) is 3.04. The second-order valence-corrected chi connectivity index (χ2v) is 5.45. The molecule has 4 heteroatoms. The molecular formula is C14H20ClN3. The number of rotatable bonds is 5. The van der Waals surface area contributed by atoms with Crippen LogP contribution < -0.4 is 0 Å². The number of fused-ring (bicyclic) bond motifs is 1. The van der Waals surface area contributed by atoms with Crippen molar-refractivity contribution in [3.05, 3.63) is 23.7 Å². The van der Waals surface area contributed by atoms with Crippen LogP contribution in [0.1, 0.15) is 49.9 Å². The maximum Gasteiger partial charge on any atom is 0.160 e. The van der Waals surface area contributed by atoms with Gasteiger partial charge in [-0.2, -0.15) is 0 Å². The molecule has 0 amide bonds. The Bertz CT molecular complexity index is 531. The van der Waals surface area contributed by atoms with Crippen LogP contribution in [0.4, 0.5) is 0 Å². The monoisotopic (exact) mass is 265 g/mol. The first kappa shape index (κ1) is 13.3. The standard InChI is InChI=1S/C14H20ClN3/c1-4-5-6-7-18-13(11(3)15)17-12-8-10(2)9-16-14(12)18/h8-9,11H,4-7H2,1-3H3. The van der Waals surface area contributed by atoms with Crippen molar-refractivity contribution in [2.75, 3.05) is 0 Å². The molecule has 98 valence electrons. The highest BCUT2D eigenvalue weighted by Crippen LogP contribution is 2.24. The highest BCUT2D eigenvalue weighted by atomic mass is 35.5. The third-order valence-corrected chi connectivity index (χ3v) is 3.29. The van der Waals surface area contributed by atoms with Gasteiger partial charge in [0, 0.05) is 12.7 Å². The minimum Gasteiger partial charge on any atom is -0.311 e. The van der Waals surface area contributed by atoms with E-state index in [9.17, 15) is 0 Å². The molecular weight excluding hydrogens is 246 g/mol. The van der Waals surface area contributed by atoms with E-state index >= 15 is 0 Å². The lowest BCUT2D eigenvalue weighted by molar-refractivity contribution is 0.588. The maximum absolute atomic E-state index is 6.22. The Morgan fingerprint density at radius 1 is 1.39 bits per heavy atom.